The van der Waals surface area contributed by atoms with Crippen molar-refractivity contribution in [2.75, 3.05) is 18.1 Å². The average Bonchev–Trinajstić information content (AvgIpc) is 2.27. The van der Waals surface area contributed by atoms with Crippen LogP contribution in [0, 0.1) is 0 Å². The molecule has 0 heterocycles. The molecule has 0 aliphatic heterocycles. The number of carbonyl (C=O) groups is 1. The minimum absolute atomic E-state index is 0.0521. The first-order valence-electron chi connectivity index (χ1n) is 6.24. The van der Waals surface area contributed by atoms with Crippen LogP contribution >= 0.6 is 23.4 Å². The van der Waals surface area contributed by atoms with Crippen LogP contribution in [0.2, 0.25) is 5.02 Å². The zero-order valence-electron chi connectivity index (χ0n) is 11.4. The number of rotatable bonds is 7. The average molecular weight is 301 g/mol. The van der Waals surface area contributed by atoms with Gasteiger partial charge in [0.05, 0.1) is 5.75 Å². The summed E-state index contributed by atoms with van der Waals surface area (Å²) in [6.07, 6.45) is 0.791. The molecule has 3 N–H and O–H groups in total. The van der Waals surface area contributed by atoms with E-state index in [9.17, 15) is 4.79 Å². The van der Waals surface area contributed by atoms with Gasteiger partial charge in [-0.15, -0.1) is 0 Å². The Morgan fingerprint density at radius 3 is 2.84 bits per heavy atom. The number of thioether (sulfide) groups is 1. The van der Waals surface area contributed by atoms with Gasteiger partial charge in [0.2, 0.25) is 5.91 Å². The molecule has 0 saturated carbocycles. The Balaban J connectivity index is 2.17. The Labute approximate surface area is 124 Å². The molecule has 0 aromatic heterocycles. The van der Waals surface area contributed by atoms with E-state index in [2.05, 4.69) is 5.32 Å². The summed E-state index contributed by atoms with van der Waals surface area (Å²) in [5.74, 6) is 1.28. The molecular weight excluding hydrogens is 280 g/mol. The van der Waals surface area contributed by atoms with Gasteiger partial charge in [0, 0.05) is 22.9 Å². The van der Waals surface area contributed by atoms with Crippen LogP contribution in [0.15, 0.2) is 24.3 Å². The van der Waals surface area contributed by atoms with E-state index in [-0.39, 0.29) is 11.4 Å². The first kappa shape index (κ1) is 16.3. The molecule has 3 nitrogen and oxygen atoms in total. The Morgan fingerprint density at radius 2 is 2.21 bits per heavy atom. The highest BCUT2D eigenvalue weighted by Crippen LogP contribution is 2.11. The van der Waals surface area contributed by atoms with E-state index in [1.54, 1.807) is 11.8 Å². The molecule has 0 saturated heterocycles. The Bertz CT molecular complexity index is 418. The predicted molar refractivity (Wildman–Crippen MR) is 83.8 cm³/mol. The third-order valence-electron chi connectivity index (χ3n) is 2.33. The van der Waals surface area contributed by atoms with E-state index < -0.39 is 0 Å². The van der Waals surface area contributed by atoms with Gasteiger partial charge in [-0.25, -0.2) is 0 Å². The SMILES string of the molecule is CC(C)(N)CSCC(=O)NCCc1cccc(Cl)c1. The third kappa shape index (κ3) is 8.14. The van der Waals surface area contributed by atoms with Crippen LogP contribution in [0.3, 0.4) is 0 Å². The largest absolute Gasteiger partial charge is 0.355 e. The molecule has 19 heavy (non-hydrogen) atoms. The van der Waals surface area contributed by atoms with Crippen molar-refractivity contribution in [1.82, 2.24) is 5.32 Å². The lowest BCUT2D eigenvalue weighted by Gasteiger charge is -2.17. The summed E-state index contributed by atoms with van der Waals surface area (Å²) < 4.78 is 0. The molecule has 0 spiro atoms. The summed E-state index contributed by atoms with van der Waals surface area (Å²) in [6.45, 7) is 4.54. The predicted octanol–water partition coefficient (Wildman–Crippen LogP) is 2.47. The van der Waals surface area contributed by atoms with E-state index in [1.807, 2.05) is 38.1 Å². The normalized spacial score (nSPS) is 11.4. The number of amides is 1. The Morgan fingerprint density at radius 1 is 1.47 bits per heavy atom. The van der Waals surface area contributed by atoms with Gasteiger partial charge in [-0.1, -0.05) is 23.7 Å². The molecule has 1 aromatic rings. The summed E-state index contributed by atoms with van der Waals surface area (Å²) in [7, 11) is 0. The van der Waals surface area contributed by atoms with Crippen molar-refractivity contribution in [3.63, 3.8) is 0 Å². The van der Waals surface area contributed by atoms with E-state index in [0.717, 1.165) is 22.8 Å². The van der Waals surface area contributed by atoms with Crippen LogP contribution in [0.25, 0.3) is 0 Å². The zero-order chi connectivity index (χ0) is 14.3. The lowest BCUT2D eigenvalue weighted by Crippen LogP contribution is -2.36. The first-order valence-corrected chi connectivity index (χ1v) is 7.78. The van der Waals surface area contributed by atoms with Crippen molar-refractivity contribution in [2.45, 2.75) is 25.8 Å². The maximum Gasteiger partial charge on any atom is 0.230 e. The zero-order valence-corrected chi connectivity index (χ0v) is 13.0. The standard InChI is InChI=1S/C14H21ClN2OS/c1-14(2,16)10-19-9-13(18)17-7-6-11-4-3-5-12(15)8-11/h3-5,8H,6-7,9-10,16H2,1-2H3,(H,17,18). The molecule has 1 amide bonds. The molecule has 0 fully saturated rings. The Kier molecular flexibility index (Phi) is 6.69. The lowest BCUT2D eigenvalue weighted by atomic mass is 10.1. The van der Waals surface area contributed by atoms with E-state index in [0.29, 0.717) is 12.3 Å². The van der Waals surface area contributed by atoms with Gasteiger partial charge in [-0.3, -0.25) is 4.79 Å². The fraction of sp³-hybridized carbons (Fsp3) is 0.500. The molecule has 0 radical (unpaired) electrons. The van der Waals surface area contributed by atoms with Crippen LogP contribution in [0.5, 0.6) is 0 Å². The number of nitrogens with one attached hydrogen (secondary N) is 1. The minimum Gasteiger partial charge on any atom is -0.355 e. The van der Waals surface area contributed by atoms with Crippen molar-refractivity contribution in [2.24, 2.45) is 5.73 Å². The molecule has 106 valence electrons. The topological polar surface area (TPSA) is 55.1 Å². The number of hydrogen-bond donors (Lipinski definition) is 2. The monoisotopic (exact) mass is 300 g/mol. The second kappa shape index (κ2) is 7.78. The highest BCUT2D eigenvalue weighted by atomic mass is 35.5. The van der Waals surface area contributed by atoms with Gasteiger partial charge >= 0.3 is 0 Å². The van der Waals surface area contributed by atoms with E-state index in [1.165, 1.54) is 0 Å². The number of benzene rings is 1. The van der Waals surface area contributed by atoms with Crippen LogP contribution in [0.4, 0.5) is 0 Å². The fourth-order valence-electron chi connectivity index (χ4n) is 1.50. The van der Waals surface area contributed by atoms with Crippen LogP contribution in [0.1, 0.15) is 19.4 Å². The fourth-order valence-corrected chi connectivity index (χ4v) is 2.63. The maximum absolute atomic E-state index is 11.6. The number of nitrogens with two attached hydrogens (primary N) is 1. The second-order valence-corrected chi connectivity index (χ2v) is 6.63. The summed E-state index contributed by atoms with van der Waals surface area (Å²) in [6, 6.07) is 7.68. The van der Waals surface area contributed by atoms with Gasteiger partial charge in [0.25, 0.3) is 0 Å². The quantitative estimate of drug-likeness (QED) is 0.813. The van der Waals surface area contributed by atoms with Crippen molar-refractivity contribution >= 4 is 29.3 Å². The summed E-state index contributed by atoms with van der Waals surface area (Å²) in [4.78, 5) is 11.6. The van der Waals surface area contributed by atoms with Crippen molar-refractivity contribution in [1.29, 1.82) is 0 Å². The molecule has 1 rings (SSSR count). The van der Waals surface area contributed by atoms with E-state index in [4.69, 9.17) is 17.3 Å². The number of carbonyl (C=O) groups excluding carboxylic acids is 1. The lowest BCUT2D eigenvalue weighted by molar-refractivity contribution is -0.118. The number of hydrogen-bond acceptors (Lipinski definition) is 3. The molecule has 0 unspecified atom stereocenters. The molecule has 0 bridgehead atoms. The first-order chi connectivity index (χ1) is 8.87. The van der Waals surface area contributed by atoms with Gasteiger partial charge in [0.15, 0.2) is 0 Å². The van der Waals surface area contributed by atoms with Crippen molar-refractivity contribution in [3.8, 4) is 0 Å². The highest BCUT2D eigenvalue weighted by molar-refractivity contribution is 8.00. The number of halogens is 1. The molecule has 0 aliphatic rings. The summed E-state index contributed by atoms with van der Waals surface area (Å²) in [5.41, 5.74) is 6.74. The van der Waals surface area contributed by atoms with Crippen molar-refractivity contribution in [3.05, 3.63) is 34.9 Å². The molecule has 0 atom stereocenters. The minimum atomic E-state index is -0.230. The van der Waals surface area contributed by atoms with Crippen LogP contribution < -0.4 is 11.1 Å². The molecule has 5 heteroatoms. The van der Waals surface area contributed by atoms with Gasteiger partial charge in [-0.2, -0.15) is 11.8 Å². The summed E-state index contributed by atoms with van der Waals surface area (Å²) >= 11 is 7.45. The van der Waals surface area contributed by atoms with Crippen LogP contribution in [-0.2, 0) is 11.2 Å². The molecule has 1 aromatic carbocycles. The maximum atomic E-state index is 11.6. The van der Waals surface area contributed by atoms with Gasteiger partial charge in [-0.05, 0) is 38.0 Å². The van der Waals surface area contributed by atoms with Crippen LogP contribution in [-0.4, -0.2) is 29.5 Å². The molecule has 0 aliphatic carbocycles. The van der Waals surface area contributed by atoms with E-state index >= 15 is 0 Å². The smallest absolute Gasteiger partial charge is 0.230 e. The molecular formula is C14H21ClN2OS. The highest BCUT2D eigenvalue weighted by Gasteiger charge is 2.11. The Hall–Kier alpha value is -0.710. The second-order valence-electron chi connectivity index (χ2n) is 5.21. The van der Waals surface area contributed by atoms with Gasteiger partial charge in [0.1, 0.15) is 0 Å². The van der Waals surface area contributed by atoms with Crippen molar-refractivity contribution < 1.29 is 4.79 Å². The summed E-state index contributed by atoms with van der Waals surface area (Å²) in [5, 5.41) is 3.62. The third-order valence-corrected chi connectivity index (χ3v) is 3.98. The van der Waals surface area contributed by atoms with Gasteiger partial charge < -0.3 is 11.1 Å².